The van der Waals surface area contributed by atoms with Crippen molar-refractivity contribution in [2.45, 2.75) is 13.3 Å². The van der Waals surface area contributed by atoms with Gasteiger partial charge in [0.15, 0.2) is 11.6 Å². The van der Waals surface area contributed by atoms with Crippen molar-refractivity contribution in [3.63, 3.8) is 0 Å². The number of halogens is 2. The van der Waals surface area contributed by atoms with Crippen molar-refractivity contribution in [3.8, 4) is 5.75 Å². The SMILES string of the molecule is CC(=O)Cc1cc(F)c(O)c(Br)c1. The van der Waals surface area contributed by atoms with Crippen molar-refractivity contribution in [3.05, 3.63) is 28.0 Å². The molecular formula is C9H8BrFO2. The average molecular weight is 247 g/mol. The first kappa shape index (κ1) is 10.2. The third-order valence-electron chi connectivity index (χ3n) is 1.53. The monoisotopic (exact) mass is 246 g/mol. The van der Waals surface area contributed by atoms with Gasteiger partial charge in [0.1, 0.15) is 5.78 Å². The van der Waals surface area contributed by atoms with Crippen LogP contribution in [0.25, 0.3) is 0 Å². The molecule has 1 rings (SSSR count). The van der Waals surface area contributed by atoms with E-state index < -0.39 is 11.6 Å². The summed E-state index contributed by atoms with van der Waals surface area (Å²) in [5.41, 5.74) is 0.551. The van der Waals surface area contributed by atoms with Crippen molar-refractivity contribution in [2.75, 3.05) is 0 Å². The van der Waals surface area contributed by atoms with E-state index in [1.165, 1.54) is 13.0 Å². The van der Waals surface area contributed by atoms with Crippen molar-refractivity contribution in [2.24, 2.45) is 0 Å². The summed E-state index contributed by atoms with van der Waals surface area (Å²) in [7, 11) is 0. The number of carbonyl (C=O) groups is 1. The van der Waals surface area contributed by atoms with E-state index in [0.29, 0.717) is 5.56 Å². The highest BCUT2D eigenvalue weighted by Gasteiger charge is 2.08. The number of ketones is 1. The van der Waals surface area contributed by atoms with E-state index in [2.05, 4.69) is 15.9 Å². The van der Waals surface area contributed by atoms with E-state index >= 15 is 0 Å². The number of phenolic OH excluding ortho intramolecular Hbond substituents is 1. The largest absolute Gasteiger partial charge is 0.504 e. The van der Waals surface area contributed by atoms with Crippen LogP contribution in [0.4, 0.5) is 4.39 Å². The molecule has 70 valence electrons. The highest BCUT2D eigenvalue weighted by atomic mass is 79.9. The molecule has 0 amide bonds. The summed E-state index contributed by atoms with van der Waals surface area (Å²) in [6.45, 7) is 1.43. The summed E-state index contributed by atoms with van der Waals surface area (Å²) in [6.07, 6.45) is 0.176. The highest BCUT2D eigenvalue weighted by molar-refractivity contribution is 9.10. The van der Waals surface area contributed by atoms with Crippen LogP contribution in [0.1, 0.15) is 12.5 Å². The molecule has 0 unspecified atom stereocenters. The minimum atomic E-state index is -0.717. The van der Waals surface area contributed by atoms with Crippen LogP contribution >= 0.6 is 15.9 Å². The van der Waals surface area contributed by atoms with Crippen molar-refractivity contribution in [1.82, 2.24) is 0 Å². The summed E-state index contributed by atoms with van der Waals surface area (Å²) in [6, 6.07) is 2.68. The van der Waals surface area contributed by atoms with E-state index in [4.69, 9.17) is 5.11 Å². The maximum absolute atomic E-state index is 12.9. The molecule has 2 nitrogen and oxygen atoms in total. The van der Waals surface area contributed by atoms with Crippen LogP contribution in [0, 0.1) is 5.82 Å². The standard InChI is InChI=1S/C9H8BrFO2/c1-5(12)2-6-3-7(10)9(13)8(11)4-6/h3-4,13H,2H2,1H3. The van der Waals surface area contributed by atoms with Gasteiger partial charge in [0.05, 0.1) is 4.47 Å². The summed E-state index contributed by atoms with van der Waals surface area (Å²) < 4.78 is 13.2. The topological polar surface area (TPSA) is 37.3 Å². The Labute approximate surface area is 83.5 Å². The van der Waals surface area contributed by atoms with Crippen molar-refractivity contribution in [1.29, 1.82) is 0 Å². The van der Waals surface area contributed by atoms with Crippen LogP contribution in [0.2, 0.25) is 0 Å². The molecule has 0 fully saturated rings. The molecule has 0 aliphatic rings. The van der Waals surface area contributed by atoms with Gasteiger partial charge < -0.3 is 5.11 Å². The maximum atomic E-state index is 12.9. The van der Waals surface area contributed by atoms with E-state index in [1.807, 2.05) is 0 Å². The molecule has 1 N–H and O–H groups in total. The summed E-state index contributed by atoms with van der Waals surface area (Å²) in [5.74, 6) is -1.19. The van der Waals surface area contributed by atoms with E-state index in [9.17, 15) is 9.18 Å². The predicted molar refractivity (Wildman–Crippen MR) is 50.1 cm³/mol. The normalized spacial score (nSPS) is 10.1. The lowest BCUT2D eigenvalue weighted by atomic mass is 10.1. The highest BCUT2D eigenvalue weighted by Crippen LogP contribution is 2.28. The van der Waals surface area contributed by atoms with Crippen LogP contribution < -0.4 is 0 Å². The third kappa shape index (κ3) is 2.52. The molecule has 0 aromatic heterocycles. The number of rotatable bonds is 2. The minimum Gasteiger partial charge on any atom is -0.504 e. The Balaban J connectivity index is 3.06. The number of hydrogen-bond donors (Lipinski definition) is 1. The lowest BCUT2D eigenvalue weighted by molar-refractivity contribution is -0.116. The second-order valence-electron chi connectivity index (χ2n) is 2.79. The zero-order chi connectivity index (χ0) is 10.0. The molecule has 0 bridgehead atoms. The average Bonchev–Trinajstić information content (AvgIpc) is 1.98. The molecule has 0 spiro atoms. The smallest absolute Gasteiger partial charge is 0.166 e. The molecular weight excluding hydrogens is 239 g/mol. The Morgan fingerprint density at radius 3 is 2.69 bits per heavy atom. The zero-order valence-corrected chi connectivity index (χ0v) is 8.56. The summed E-state index contributed by atoms with van der Waals surface area (Å²) in [5, 5.41) is 9.06. The van der Waals surface area contributed by atoms with E-state index in [1.54, 1.807) is 0 Å². The molecule has 0 aliphatic carbocycles. The molecule has 0 heterocycles. The van der Waals surface area contributed by atoms with Gasteiger partial charge in [-0.2, -0.15) is 0 Å². The first-order valence-corrected chi connectivity index (χ1v) is 4.46. The van der Waals surface area contributed by atoms with Gasteiger partial charge in [0.2, 0.25) is 0 Å². The Morgan fingerprint density at radius 1 is 1.62 bits per heavy atom. The molecule has 0 atom stereocenters. The fourth-order valence-electron chi connectivity index (χ4n) is 1.01. The molecule has 1 aromatic rings. The molecule has 0 aliphatic heterocycles. The Bertz CT molecular complexity index is 326. The number of Topliss-reactive ketones (excluding diaryl/α,β-unsaturated/α-hetero) is 1. The zero-order valence-electron chi connectivity index (χ0n) is 6.97. The van der Waals surface area contributed by atoms with Crippen LogP contribution in [0.3, 0.4) is 0 Å². The lowest BCUT2D eigenvalue weighted by Crippen LogP contribution is -1.97. The number of hydrogen-bond acceptors (Lipinski definition) is 2. The molecule has 0 saturated heterocycles. The molecule has 0 saturated carbocycles. The van der Waals surface area contributed by atoms with Crippen LogP contribution in [0.5, 0.6) is 5.75 Å². The Morgan fingerprint density at radius 2 is 2.23 bits per heavy atom. The van der Waals surface area contributed by atoms with Crippen LogP contribution in [-0.2, 0) is 11.2 Å². The van der Waals surface area contributed by atoms with Gasteiger partial charge in [-0.3, -0.25) is 4.79 Å². The fourth-order valence-corrected chi connectivity index (χ4v) is 1.49. The van der Waals surface area contributed by atoms with Gasteiger partial charge in [0.25, 0.3) is 0 Å². The van der Waals surface area contributed by atoms with Crippen LogP contribution in [0.15, 0.2) is 16.6 Å². The van der Waals surface area contributed by atoms with E-state index in [-0.39, 0.29) is 16.7 Å². The number of phenols is 1. The first-order chi connectivity index (χ1) is 6.00. The minimum absolute atomic E-state index is 0.0445. The lowest BCUT2D eigenvalue weighted by Gasteiger charge is -2.02. The van der Waals surface area contributed by atoms with Gasteiger partial charge >= 0.3 is 0 Å². The fraction of sp³-hybridized carbons (Fsp3) is 0.222. The third-order valence-corrected chi connectivity index (χ3v) is 2.13. The quantitative estimate of drug-likeness (QED) is 0.871. The van der Waals surface area contributed by atoms with Gasteiger partial charge in [-0.15, -0.1) is 0 Å². The second-order valence-corrected chi connectivity index (χ2v) is 3.64. The molecule has 4 heteroatoms. The van der Waals surface area contributed by atoms with Crippen molar-refractivity contribution >= 4 is 21.7 Å². The van der Waals surface area contributed by atoms with Crippen molar-refractivity contribution < 1.29 is 14.3 Å². The van der Waals surface area contributed by atoms with Gasteiger partial charge in [-0.25, -0.2) is 4.39 Å². The molecule has 13 heavy (non-hydrogen) atoms. The second kappa shape index (κ2) is 3.87. The van der Waals surface area contributed by atoms with Gasteiger partial charge in [-0.1, -0.05) is 0 Å². The van der Waals surface area contributed by atoms with Crippen LogP contribution in [-0.4, -0.2) is 10.9 Å². The number of carbonyl (C=O) groups excluding carboxylic acids is 1. The molecule has 0 radical (unpaired) electrons. The van der Waals surface area contributed by atoms with Gasteiger partial charge in [0, 0.05) is 6.42 Å². The summed E-state index contributed by atoms with van der Waals surface area (Å²) >= 11 is 2.99. The Hall–Kier alpha value is -0.900. The number of benzene rings is 1. The van der Waals surface area contributed by atoms with E-state index in [0.717, 1.165) is 6.07 Å². The Kier molecular flexibility index (Phi) is 3.03. The number of aromatic hydroxyl groups is 1. The molecule has 1 aromatic carbocycles. The first-order valence-electron chi connectivity index (χ1n) is 3.67. The summed E-state index contributed by atoms with van der Waals surface area (Å²) in [4.78, 5) is 10.7. The maximum Gasteiger partial charge on any atom is 0.166 e. The predicted octanol–water partition coefficient (Wildman–Crippen LogP) is 2.43. The van der Waals surface area contributed by atoms with Gasteiger partial charge in [-0.05, 0) is 40.5 Å².